The van der Waals surface area contributed by atoms with E-state index in [4.69, 9.17) is 4.74 Å². The Morgan fingerprint density at radius 3 is 2.54 bits per heavy atom. The zero-order chi connectivity index (χ0) is 18.1. The zero-order valence-electron chi connectivity index (χ0n) is 15.4. The van der Waals surface area contributed by atoms with Crippen LogP contribution in [0, 0.1) is 5.82 Å². The lowest BCUT2D eigenvalue weighted by molar-refractivity contribution is -0.156. The summed E-state index contributed by atoms with van der Waals surface area (Å²) in [5, 5.41) is 0. The Morgan fingerprint density at radius 2 is 1.81 bits per heavy atom. The number of likely N-dealkylation sites (tertiary alicyclic amines) is 1. The highest BCUT2D eigenvalue weighted by Crippen LogP contribution is 2.33. The van der Waals surface area contributed by atoms with Crippen LogP contribution in [0.1, 0.15) is 24.8 Å². The first kappa shape index (κ1) is 17.9. The molecule has 3 saturated heterocycles. The third kappa shape index (κ3) is 3.77. The lowest BCUT2D eigenvalue weighted by Crippen LogP contribution is -2.53. The van der Waals surface area contributed by atoms with E-state index in [1.54, 1.807) is 0 Å². The van der Waals surface area contributed by atoms with Gasteiger partial charge in [0.1, 0.15) is 11.9 Å². The summed E-state index contributed by atoms with van der Waals surface area (Å²) in [6.45, 7) is 5.29. The van der Waals surface area contributed by atoms with E-state index >= 15 is 0 Å². The summed E-state index contributed by atoms with van der Waals surface area (Å²) in [4.78, 5) is 19.4. The topological polar surface area (TPSA) is 36.0 Å². The van der Waals surface area contributed by atoms with E-state index in [0.29, 0.717) is 6.04 Å². The van der Waals surface area contributed by atoms with E-state index < -0.39 is 0 Å². The third-order valence-electron chi connectivity index (χ3n) is 6.05. The number of hydrogen-bond donors (Lipinski definition) is 0. The minimum absolute atomic E-state index is 0.144. The summed E-state index contributed by atoms with van der Waals surface area (Å²) in [5.41, 5.74) is 1.13. The molecule has 1 aromatic carbocycles. The lowest BCUT2D eigenvalue weighted by atomic mass is 9.98. The van der Waals surface area contributed by atoms with Gasteiger partial charge >= 0.3 is 0 Å². The van der Waals surface area contributed by atoms with Gasteiger partial charge in [-0.2, -0.15) is 0 Å². The van der Waals surface area contributed by atoms with E-state index in [2.05, 4.69) is 16.8 Å². The van der Waals surface area contributed by atoms with Gasteiger partial charge in [-0.1, -0.05) is 12.1 Å². The van der Waals surface area contributed by atoms with E-state index in [1.165, 1.54) is 12.1 Å². The fraction of sp³-hybridized carbons (Fsp3) is 0.650. The number of fused-ring (bicyclic) bond motifs is 1. The van der Waals surface area contributed by atoms with Crippen molar-refractivity contribution in [1.82, 2.24) is 14.7 Å². The molecule has 26 heavy (non-hydrogen) atoms. The zero-order valence-corrected chi connectivity index (χ0v) is 15.4. The highest BCUT2D eigenvalue weighted by atomic mass is 19.1. The van der Waals surface area contributed by atoms with Crippen molar-refractivity contribution in [2.75, 3.05) is 39.8 Å². The molecule has 3 aliphatic heterocycles. The molecule has 3 heterocycles. The van der Waals surface area contributed by atoms with Crippen molar-refractivity contribution >= 4 is 5.91 Å². The SMILES string of the molecule is CN1CCN(C(=O)[C@@H]2CC[C@H]3[C@H](CCN3Cc3ccc(F)cc3)O2)CC1. The summed E-state index contributed by atoms with van der Waals surface area (Å²) in [6, 6.07) is 7.12. The number of carbonyl (C=O) groups excluding carboxylic acids is 1. The number of nitrogens with zero attached hydrogens (tertiary/aromatic N) is 3. The lowest BCUT2D eigenvalue weighted by Gasteiger charge is -2.39. The van der Waals surface area contributed by atoms with E-state index in [9.17, 15) is 9.18 Å². The smallest absolute Gasteiger partial charge is 0.251 e. The van der Waals surface area contributed by atoms with Gasteiger partial charge in [-0.05, 0) is 44.0 Å². The van der Waals surface area contributed by atoms with Crippen LogP contribution < -0.4 is 0 Å². The van der Waals surface area contributed by atoms with Gasteiger partial charge in [0.25, 0.3) is 5.91 Å². The molecule has 4 rings (SSSR count). The maximum Gasteiger partial charge on any atom is 0.251 e. The van der Waals surface area contributed by atoms with Crippen LogP contribution >= 0.6 is 0 Å². The average Bonchev–Trinajstić information content (AvgIpc) is 3.06. The molecule has 6 heteroatoms. The van der Waals surface area contributed by atoms with Crippen molar-refractivity contribution in [2.45, 2.75) is 44.1 Å². The molecule has 0 spiro atoms. The first-order chi connectivity index (χ1) is 12.6. The fourth-order valence-corrected chi connectivity index (χ4v) is 4.45. The van der Waals surface area contributed by atoms with Crippen LogP contribution in [0.25, 0.3) is 0 Å². The van der Waals surface area contributed by atoms with Crippen molar-refractivity contribution in [3.05, 3.63) is 35.6 Å². The molecule has 3 atom stereocenters. The Morgan fingerprint density at radius 1 is 1.08 bits per heavy atom. The van der Waals surface area contributed by atoms with Gasteiger partial charge in [-0.25, -0.2) is 4.39 Å². The maximum atomic E-state index is 13.1. The predicted octanol–water partition coefficient (Wildman–Crippen LogP) is 1.72. The molecule has 1 amide bonds. The van der Waals surface area contributed by atoms with Gasteiger partial charge in [0.2, 0.25) is 0 Å². The molecule has 0 saturated carbocycles. The van der Waals surface area contributed by atoms with Crippen LogP contribution in [0.3, 0.4) is 0 Å². The standard InChI is InChI=1S/C20H28FN3O2/c1-22-10-12-23(13-11-22)20(25)19-7-6-17-18(26-19)8-9-24(17)14-15-2-4-16(21)5-3-15/h2-5,17-19H,6-14H2,1H3/t17-,18-,19-/m0/s1. The van der Waals surface area contributed by atoms with Crippen molar-refractivity contribution in [2.24, 2.45) is 0 Å². The Balaban J connectivity index is 1.33. The minimum atomic E-state index is -0.273. The maximum absolute atomic E-state index is 13.1. The number of hydrogen-bond acceptors (Lipinski definition) is 4. The molecule has 3 aliphatic rings. The second kappa shape index (κ2) is 7.62. The van der Waals surface area contributed by atoms with Gasteiger partial charge in [-0.15, -0.1) is 0 Å². The number of carbonyl (C=O) groups is 1. The summed E-state index contributed by atoms with van der Waals surface area (Å²) < 4.78 is 19.3. The number of likely N-dealkylation sites (N-methyl/N-ethyl adjacent to an activating group) is 1. The number of ether oxygens (including phenoxy) is 1. The molecule has 0 unspecified atom stereocenters. The molecule has 1 aromatic rings. The number of rotatable bonds is 3. The molecular formula is C20H28FN3O2. The summed E-state index contributed by atoms with van der Waals surface area (Å²) >= 11 is 0. The van der Waals surface area contributed by atoms with Gasteiger partial charge in [0, 0.05) is 45.3 Å². The second-order valence-corrected chi connectivity index (χ2v) is 7.82. The predicted molar refractivity (Wildman–Crippen MR) is 97.2 cm³/mol. The van der Waals surface area contributed by atoms with E-state index in [-0.39, 0.29) is 23.9 Å². The van der Waals surface area contributed by atoms with Gasteiger partial charge in [-0.3, -0.25) is 9.69 Å². The van der Waals surface area contributed by atoms with Gasteiger partial charge < -0.3 is 14.5 Å². The first-order valence-electron chi connectivity index (χ1n) is 9.71. The summed E-state index contributed by atoms with van der Waals surface area (Å²) in [5.74, 6) is -0.0205. The van der Waals surface area contributed by atoms with Crippen LogP contribution in [-0.2, 0) is 16.1 Å². The van der Waals surface area contributed by atoms with Gasteiger partial charge in [0.05, 0.1) is 6.10 Å². The molecule has 0 aliphatic carbocycles. The fourth-order valence-electron chi connectivity index (χ4n) is 4.45. The number of amides is 1. The molecule has 0 radical (unpaired) electrons. The molecule has 0 aromatic heterocycles. The third-order valence-corrected chi connectivity index (χ3v) is 6.05. The summed E-state index contributed by atoms with van der Waals surface area (Å²) in [7, 11) is 2.09. The highest BCUT2D eigenvalue weighted by molar-refractivity contribution is 5.81. The minimum Gasteiger partial charge on any atom is -0.363 e. The molecule has 0 bridgehead atoms. The highest BCUT2D eigenvalue weighted by Gasteiger charge is 2.42. The van der Waals surface area contributed by atoms with E-state index in [1.807, 2.05) is 17.0 Å². The quantitative estimate of drug-likeness (QED) is 0.821. The summed E-state index contributed by atoms with van der Waals surface area (Å²) in [6.07, 6.45) is 2.64. The van der Waals surface area contributed by atoms with Crippen molar-refractivity contribution < 1.29 is 13.9 Å². The Hall–Kier alpha value is -1.50. The van der Waals surface area contributed by atoms with Crippen molar-refractivity contribution in [3.63, 3.8) is 0 Å². The monoisotopic (exact) mass is 361 g/mol. The second-order valence-electron chi connectivity index (χ2n) is 7.82. The van der Waals surface area contributed by atoms with Crippen molar-refractivity contribution in [1.29, 1.82) is 0 Å². The largest absolute Gasteiger partial charge is 0.363 e. The van der Waals surface area contributed by atoms with Crippen LogP contribution in [0.15, 0.2) is 24.3 Å². The van der Waals surface area contributed by atoms with Crippen LogP contribution in [0.5, 0.6) is 0 Å². The normalized spacial score (nSPS) is 30.4. The number of piperazine rings is 1. The average molecular weight is 361 g/mol. The van der Waals surface area contributed by atoms with E-state index in [0.717, 1.165) is 64.1 Å². The number of benzene rings is 1. The molecule has 5 nitrogen and oxygen atoms in total. The first-order valence-corrected chi connectivity index (χ1v) is 9.71. The molecule has 3 fully saturated rings. The Labute approximate surface area is 154 Å². The van der Waals surface area contributed by atoms with Crippen LogP contribution in [0.4, 0.5) is 4.39 Å². The Bertz CT molecular complexity index is 630. The van der Waals surface area contributed by atoms with Crippen LogP contribution in [0.2, 0.25) is 0 Å². The van der Waals surface area contributed by atoms with Gasteiger partial charge in [0.15, 0.2) is 0 Å². The molecule has 142 valence electrons. The molecule has 0 N–H and O–H groups in total. The van der Waals surface area contributed by atoms with Crippen LogP contribution in [-0.4, -0.2) is 78.6 Å². The number of halogens is 1. The van der Waals surface area contributed by atoms with Crippen molar-refractivity contribution in [3.8, 4) is 0 Å². The Kier molecular flexibility index (Phi) is 5.25. The molecular weight excluding hydrogens is 333 g/mol.